The minimum atomic E-state index is -0.457. The number of terminal acetylenes is 1. The van der Waals surface area contributed by atoms with Crippen LogP contribution in [0.5, 0.6) is 23.1 Å². The van der Waals surface area contributed by atoms with E-state index in [-0.39, 0.29) is 11.6 Å². The summed E-state index contributed by atoms with van der Waals surface area (Å²) in [4.78, 5) is 20.1. The Kier molecular flexibility index (Phi) is 6.22. The number of carbonyl (C=O) groups is 1. The third-order valence-electron chi connectivity index (χ3n) is 3.86. The number of hydrogen-bond donors (Lipinski definition) is 2. The summed E-state index contributed by atoms with van der Waals surface area (Å²) in [6.45, 7) is 0.111. The first kappa shape index (κ1) is 20.0. The SMILES string of the molecule is C#CCNC(=O)Nc1ccc(Oc2ncnc3cc(OC)c(OC)cc23)cc1Cl. The number of nitrogens with zero attached hydrogens (tertiary/aromatic N) is 2. The summed E-state index contributed by atoms with van der Waals surface area (Å²) in [7, 11) is 3.09. The third kappa shape index (κ3) is 4.59. The summed E-state index contributed by atoms with van der Waals surface area (Å²) in [6, 6.07) is 7.83. The van der Waals surface area contributed by atoms with E-state index in [0.717, 1.165) is 0 Å². The number of carbonyl (C=O) groups excluding carboxylic acids is 1. The molecule has 1 aromatic heterocycles. The molecule has 0 saturated carbocycles. The van der Waals surface area contributed by atoms with Gasteiger partial charge in [0.25, 0.3) is 0 Å². The fourth-order valence-corrected chi connectivity index (χ4v) is 2.73. The largest absolute Gasteiger partial charge is 0.493 e. The molecule has 0 bridgehead atoms. The van der Waals surface area contributed by atoms with E-state index >= 15 is 0 Å². The van der Waals surface area contributed by atoms with Crippen LogP contribution in [0.1, 0.15) is 0 Å². The number of benzene rings is 2. The molecule has 0 fully saturated rings. The van der Waals surface area contributed by atoms with Crippen molar-refractivity contribution in [1.29, 1.82) is 0 Å². The van der Waals surface area contributed by atoms with Gasteiger partial charge in [0.05, 0.1) is 42.4 Å². The van der Waals surface area contributed by atoms with Crippen LogP contribution in [0.4, 0.5) is 10.5 Å². The lowest BCUT2D eigenvalue weighted by atomic mass is 10.2. The molecule has 2 N–H and O–H groups in total. The van der Waals surface area contributed by atoms with Crippen molar-refractivity contribution in [1.82, 2.24) is 15.3 Å². The molecule has 148 valence electrons. The molecule has 2 aromatic carbocycles. The Bertz CT molecular complexity index is 1100. The maximum absolute atomic E-state index is 11.7. The summed E-state index contributed by atoms with van der Waals surface area (Å²) < 4.78 is 16.5. The summed E-state index contributed by atoms with van der Waals surface area (Å²) in [6.07, 6.45) is 6.49. The lowest BCUT2D eigenvalue weighted by Crippen LogP contribution is -2.28. The Morgan fingerprint density at radius 3 is 2.62 bits per heavy atom. The van der Waals surface area contributed by atoms with E-state index in [1.165, 1.54) is 6.33 Å². The van der Waals surface area contributed by atoms with Gasteiger partial charge in [-0.05, 0) is 18.2 Å². The van der Waals surface area contributed by atoms with Gasteiger partial charge >= 0.3 is 6.03 Å². The Balaban J connectivity index is 1.86. The van der Waals surface area contributed by atoms with Crippen LogP contribution in [0.15, 0.2) is 36.7 Å². The van der Waals surface area contributed by atoms with Crippen LogP contribution in [-0.4, -0.2) is 36.8 Å². The molecule has 3 aromatic rings. The predicted octanol–water partition coefficient (Wildman–Crippen LogP) is 3.85. The van der Waals surface area contributed by atoms with Crippen molar-refractivity contribution in [2.45, 2.75) is 0 Å². The Labute approximate surface area is 172 Å². The Hall–Kier alpha value is -3.70. The molecule has 29 heavy (non-hydrogen) atoms. The van der Waals surface area contributed by atoms with Crippen LogP contribution in [-0.2, 0) is 0 Å². The van der Waals surface area contributed by atoms with Crippen molar-refractivity contribution in [3.05, 3.63) is 41.7 Å². The quantitative estimate of drug-likeness (QED) is 0.597. The normalized spacial score (nSPS) is 10.1. The molecule has 0 unspecified atom stereocenters. The van der Waals surface area contributed by atoms with Crippen LogP contribution in [0.2, 0.25) is 5.02 Å². The smallest absolute Gasteiger partial charge is 0.320 e. The number of fused-ring (bicyclic) bond motifs is 1. The topological polar surface area (TPSA) is 94.6 Å². The molecule has 0 saturated heterocycles. The van der Waals surface area contributed by atoms with E-state index in [1.54, 1.807) is 44.6 Å². The number of methoxy groups -OCH3 is 2. The number of urea groups is 1. The molecule has 2 amide bonds. The van der Waals surface area contributed by atoms with E-state index in [4.69, 9.17) is 32.2 Å². The van der Waals surface area contributed by atoms with E-state index in [1.807, 2.05) is 0 Å². The number of anilines is 1. The van der Waals surface area contributed by atoms with Gasteiger partial charge in [-0.15, -0.1) is 6.42 Å². The van der Waals surface area contributed by atoms with Crippen molar-refractivity contribution in [2.75, 3.05) is 26.1 Å². The average molecular weight is 413 g/mol. The van der Waals surface area contributed by atoms with Crippen LogP contribution < -0.4 is 24.8 Å². The van der Waals surface area contributed by atoms with E-state index in [0.29, 0.717) is 39.7 Å². The highest BCUT2D eigenvalue weighted by atomic mass is 35.5. The molecule has 0 atom stereocenters. The summed E-state index contributed by atoms with van der Waals surface area (Å²) in [5.74, 6) is 4.13. The molecule has 1 heterocycles. The molecule has 0 aliphatic rings. The number of amides is 2. The van der Waals surface area contributed by atoms with Gasteiger partial charge in [-0.25, -0.2) is 14.8 Å². The van der Waals surface area contributed by atoms with Gasteiger partial charge < -0.3 is 24.8 Å². The van der Waals surface area contributed by atoms with Gasteiger partial charge in [0.1, 0.15) is 12.1 Å². The maximum Gasteiger partial charge on any atom is 0.320 e. The number of aromatic nitrogens is 2. The third-order valence-corrected chi connectivity index (χ3v) is 4.17. The summed E-state index contributed by atoms with van der Waals surface area (Å²) in [5, 5.41) is 6.02. The first-order valence-corrected chi connectivity index (χ1v) is 8.76. The molecule has 3 rings (SSSR count). The van der Waals surface area contributed by atoms with Gasteiger partial charge in [-0.1, -0.05) is 17.5 Å². The standard InChI is InChI=1S/C20H17ClN4O4/c1-4-7-22-20(26)25-15-6-5-12(8-14(15)21)29-19-13-9-17(27-2)18(28-3)10-16(13)23-11-24-19/h1,5-6,8-11H,7H2,2-3H3,(H2,22,25,26). The molecule has 0 radical (unpaired) electrons. The highest BCUT2D eigenvalue weighted by Gasteiger charge is 2.13. The molecule has 0 aliphatic carbocycles. The lowest BCUT2D eigenvalue weighted by Gasteiger charge is -2.12. The van der Waals surface area contributed by atoms with E-state index in [2.05, 4.69) is 26.5 Å². The van der Waals surface area contributed by atoms with Crippen molar-refractivity contribution in [3.63, 3.8) is 0 Å². The molecule has 0 spiro atoms. The number of hydrogen-bond acceptors (Lipinski definition) is 6. The van der Waals surface area contributed by atoms with Crippen LogP contribution in [0, 0.1) is 12.3 Å². The van der Waals surface area contributed by atoms with Crippen LogP contribution >= 0.6 is 11.6 Å². The lowest BCUT2D eigenvalue weighted by molar-refractivity contribution is 0.253. The van der Waals surface area contributed by atoms with Gasteiger partial charge in [0.15, 0.2) is 11.5 Å². The fourth-order valence-electron chi connectivity index (χ4n) is 2.51. The van der Waals surface area contributed by atoms with Gasteiger partial charge in [0.2, 0.25) is 5.88 Å². The van der Waals surface area contributed by atoms with E-state index in [9.17, 15) is 4.79 Å². The van der Waals surface area contributed by atoms with E-state index < -0.39 is 6.03 Å². The van der Waals surface area contributed by atoms with Crippen molar-refractivity contribution in [3.8, 4) is 35.5 Å². The number of rotatable bonds is 6. The molecule has 8 nitrogen and oxygen atoms in total. The monoisotopic (exact) mass is 412 g/mol. The average Bonchev–Trinajstić information content (AvgIpc) is 2.73. The summed E-state index contributed by atoms with van der Waals surface area (Å²) >= 11 is 6.25. The molecular formula is C20H17ClN4O4. The minimum Gasteiger partial charge on any atom is -0.493 e. The second-order valence-electron chi connectivity index (χ2n) is 5.66. The molecule has 9 heteroatoms. The maximum atomic E-state index is 11.7. The predicted molar refractivity (Wildman–Crippen MR) is 110 cm³/mol. The summed E-state index contributed by atoms with van der Waals surface area (Å²) in [5.41, 5.74) is 1.04. The van der Waals surface area contributed by atoms with Gasteiger partial charge in [0, 0.05) is 12.1 Å². The zero-order valence-corrected chi connectivity index (χ0v) is 16.4. The number of halogens is 1. The number of nitrogens with one attached hydrogen (secondary N) is 2. The number of ether oxygens (including phenoxy) is 3. The highest BCUT2D eigenvalue weighted by molar-refractivity contribution is 6.33. The Morgan fingerprint density at radius 2 is 1.93 bits per heavy atom. The van der Waals surface area contributed by atoms with Crippen molar-refractivity contribution in [2.24, 2.45) is 0 Å². The fraction of sp³-hybridized carbons (Fsp3) is 0.150. The van der Waals surface area contributed by atoms with Crippen molar-refractivity contribution < 1.29 is 19.0 Å². The van der Waals surface area contributed by atoms with Gasteiger partial charge in [-0.3, -0.25) is 0 Å². The second kappa shape index (κ2) is 8.99. The zero-order chi connectivity index (χ0) is 20.8. The molecular weight excluding hydrogens is 396 g/mol. The highest BCUT2D eigenvalue weighted by Crippen LogP contribution is 2.36. The second-order valence-corrected chi connectivity index (χ2v) is 6.07. The zero-order valence-electron chi connectivity index (χ0n) is 15.7. The minimum absolute atomic E-state index is 0.111. The van der Waals surface area contributed by atoms with Crippen molar-refractivity contribution >= 4 is 34.2 Å². The molecule has 0 aliphatic heterocycles. The van der Waals surface area contributed by atoms with Crippen LogP contribution in [0.25, 0.3) is 10.9 Å². The first-order valence-electron chi connectivity index (χ1n) is 8.38. The first-order chi connectivity index (χ1) is 14.0. The Morgan fingerprint density at radius 1 is 1.17 bits per heavy atom. The van der Waals surface area contributed by atoms with Gasteiger partial charge in [-0.2, -0.15) is 0 Å². The van der Waals surface area contributed by atoms with Crippen LogP contribution in [0.3, 0.4) is 0 Å².